The number of ether oxygens (including phenoxy) is 2. The van der Waals surface area contributed by atoms with Crippen LogP contribution in [-0.4, -0.2) is 31.4 Å². The van der Waals surface area contributed by atoms with Gasteiger partial charge in [0.05, 0.1) is 37.8 Å². The Morgan fingerprint density at radius 3 is 2.26 bits per heavy atom. The molecule has 0 unspecified atom stereocenters. The molecule has 0 saturated heterocycles. The number of rotatable bonds is 2. The maximum Gasteiger partial charge on any atom is 0.0889 e. The zero-order valence-corrected chi connectivity index (χ0v) is 10.9. The summed E-state index contributed by atoms with van der Waals surface area (Å²) in [6.45, 7) is 2.85. The fourth-order valence-electron chi connectivity index (χ4n) is 2.46. The van der Waals surface area contributed by atoms with Crippen molar-refractivity contribution in [1.82, 2.24) is 4.98 Å². The normalized spacial score (nSPS) is 19.8. The lowest BCUT2D eigenvalue weighted by Crippen LogP contribution is -2.08. The molecule has 0 aliphatic carbocycles. The van der Waals surface area contributed by atoms with Crippen LogP contribution in [0.5, 0.6) is 0 Å². The Bertz CT molecular complexity index is 535. The van der Waals surface area contributed by atoms with Gasteiger partial charge < -0.3 is 15.2 Å². The summed E-state index contributed by atoms with van der Waals surface area (Å²) in [6.07, 6.45) is 7.90. The van der Waals surface area contributed by atoms with E-state index in [1.807, 2.05) is 12.3 Å². The van der Waals surface area contributed by atoms with Crippen LogP contribution in [0.4, 0.5) is 5.69 Å². The molecule has 2 N–H and O–H groups in total. The molecule has 0 bridgehead atoms. The number of hydrogen-bond donors (Lipinski definition) is 1. The number of nitrogens with two attached hydrogens (primary N) is 1. The summed E-state index contributed by atoms with van der Waals surface area (Å²) in [4.78, 5) is 4.55. The summed E-state index contributed by atoms with van der Waals surface area (Å²) in [6, 6.07) is 2.02. The molecule has 4 heteroatoms. The molecule has 100 valence electrons. The molecular weight excluding hydrogens is 240 g/mol. The van der Waals surface area contributed by atoms with E-state index in [0.717, 1.165) is 43.0 Å². The van der Waals surface area contributed by atoms with Crippen molar-refractivity contribution in [3.8, 4) is 0 Å². The first-order valence-corrected chi connectivity index (χ1v) is 6.64. The third-order valence-electron chi connectivity index (χ3n) is 3.52. The number of nitrogens with zero attached hydrogens (tertiary/aromatic N) is 1. The van der Waals surface area contributed by atoms with Gasteiger partial charge in [0.15, 0.2) is 0 Å². The van der Waals surface area contributed by atoms with Crippen molar-refractivity contribution in [1.29, 1.82) is 0 Å². The Balaban J connectivity index is 1.89. The maximum absolute atomic E-state index is 6.16. The fourth-order valence-corrected chi connectivity index (χ4v) is 2.46. The van der Waals surface area contributed by atoms with Crippen LogP contribution in [-0.2, 0) is 9.47 Å². The Morgan fingerprint density at radius 2 is 1.68 bits per heavy atom. The van der Waals surface area contributed by atoms with Crippen LogP contribution >= 0.6 is 0 Å². The number of pyridine rings is 1. The van der Waals surface area contributed by atoms with Gasteiger partial charge in [0, 0.05) is 6.20 Å². The van der Waals surface area contributed by atoms with Crippen LogP contribution in [0, 0.1) is 0 Å². The molecule has 3 rings (SSSR count). The highest BCUT2D eigenvalue weighted by atomic mass is 16.5. The molecule has 0 atom stereocenters. The predicted molar refractivity (Wildman–Crippen MR) is 75.5 cm³/mol. The largest absolute Gasteiger partial charge is 0.397 e. The van der Waals surface area contributed by atoms with Crippen molar-refractivity contribution in [2.24, 2.45) is 0 Å². The summed E-state index contributed by atoms with van der Waals surface area (Å²) in [5, 5.41) is 0. The standard InChI is InChI=1S/C15H18N2O2/c16-14-9-13(11-1-5-18-6-2-11)10-17-15(14)12-3-7-19-8-4-12/h1,3,9-10H,2,4-8,16H2. The van der Waals surface area contributed by atoms with E-state index in [2.05, 4.69) is 17.1 Å². The first kappa shape index (κ1) is 12.4. The van der Waals surface area contributed by atoms with Crippen molar-refractivity contribution in [2.75, 3.05) is 32.2 Å². The van der Waals surface area contributed by atoms with Gasteiger partial charge in [-0.3, -0.25) is 4.98 Å². The third-order valence-corrected chi connectivity index (χ3v) is 3.52. The Morgan fingerprint density at radius 1 is 1.00 bits per heavy atom. The van der Waals surface area contributed by atoms with E-state index in [1.54, 1.807) is 0 Å². The number of nitrogen functional groups attached to an aromatic ring is 1. The first-order valence-electron chi connectivity index (χ1n) is 6.64. The second kappa shape index (κ2) is 5.55. The Kier molecular flexibility index (Phi) is 3.62. The zero-order valence-electron chi connectivity index (χ0n) is 10.9. The molecule has 19 heavy (non-hydrogen) atoms. The van der Waals surface area contributed by atoms with E-state index >= 15 is 0 Å². The number of aromatic nitrogens is 1. The van der Waals surface area contributed by atoms with E-state index in [0.29, 0.717) is 13.2 Å². The molecule has 4 nitrogen and oxygen atoms in total. The third kappa shape index (κ3) is 2.69. The fraction of sp³-hybridized carbons (Fsp3) is 0.400. The lowest BCUT2D eigenvalue weighted by atomic mass is 10.00. The second-order valence-electron chi connectivity index (χ2n) is 4.77. The average Bonchev–Trinajstić information content (AvgIpc) is 2.49. The van der Waals surface area contributed by atoms with E-state index < -0.39 is 0 Å². The van der Waals surface area contributed by atoms with Crippen LogP contribution in [0.25, 0.3) is 11.1 Å². The molecule has 0 fully saturated rings. The first-order chi connectivity index (χ1) is 9.34. The summed E-state index contributed by atoms with van der Waals surface area (Å²) in [5.41, 5.74) is 11.4. The lowest BCUT2D eigenvalue weighted by molar-refractivity contribution is 0.161. The van der Waals surface area contributed by atoms with Gasteiger partial charge in [-0.2, -0.15) is 0 Å². The minimum Gasteiger partial charge on any atom is -0.397 e. The Hall–Kier alpha value is -1.65. The molecule has 0 spiro atoms. The molecule has 0 amide bonds. The van der Waals surface area contributed by atoms with Crippen LogP contribution in [0.2, 0.25) is 0 Å². The molecule has 2 aliphatic rings. The van der Waals surface area contributed by atoms with Crippen LogP contribution < -0.4 is 5.73 Å². The van der Waals surface area contributed by atoms with E-state index in [-0.39, 0.29) is 0 Å². The van der Waals surface area contributed by atoms with Gasteiger partial charge in [-0.15, -0.1) is 0 Å². The second-order valence-corrected chi connectivity index (χ2v) is 4.77. The molecule has 0 radical (unpaired) electrons. The highest BCUT2D eigenvalue weighted by Gasteiger charge is 2.13. The summed E-state index contributed by atoms with van der Waals surface area (Å²) < 4.78 is 10.6. The summed E-state index contributed by atoms with van der Waals surface area (Å²) in [5.74, 6) is 0. The highest BCUT2D eigenvalue weighted by Crippen LogP contribution is 2.28. The average molecular weight is 258 g/mol. The van der Waals surface area contributed by atoms with Crippen LogP contribution in [0.15, 0.2) is 24.4 Å². The van der Waals surface area contributed by atoms with Gasteiger partial charge in [0.1, 0.15) is 0 Å². The maximum atomic E-state index is 6.16. The van der Waals surface area contributed by atoms with Crippen LogP contribution in [0.1, 0.15) is 24.1 Å². The van der Waals surface area contributed by atoms with Gasteiger partial charge >= 0.3 is 0 Å². The van der Waals surface area contributed by atoms with Gasteiger partial charge in [-0.1, -0.05) is 12.2 Å². The Labute approximate surface area is 112 Å². The minimum atomic E-state index is 0.653. The van der Waals surface area contributed by atoms with Crippen LogP contribution in [0.3, 0.4) is 0 Å². The minimum absolute atomic E-state index is 0.653. The van der Waals surface area contributed by atoms with Crippen molar-refractivity contribution < 1.29 is 9.47 Å². The van der Waals surface area contributed by atoms with Crippen molar-refractivity contribution in [3.63, 3.8) is 0 Å². The summed E-state index contributed by atoms with van der Waals surface area (Å²) >= 11 is 0. The smallest absolute Gasteiger partial charge is 0.0889 e. The van der Waals surface area contributed by atoms with Gasteiger partial charge in [-0.25, -0.2) is 0 Å². The topological polar surface area (TPSA) is 57.4 Å². The monoisotopic (exact) mass is 258 g/mol. The van der Waals surface area contributed by atoms with Crippen molar-refractivity contribution >= 4 is 16.8 Å². The van der Waals surface area contributed by atoms with Gasteiger partial charge in [0.25, 0.3) is 0 Å². The highest BCUT2D eigenvalue weighted by molar-refractivity contribution is 5.76. The molecule has 2 aliphatic heterocycles. The van der Waals surface area contributed by atoms with E-state index in [4.69, 9.17) is 15.2 Å². The van der Waals surface area contributed by atoms with Crippen molar-refractivity contribution in [3.05, 3.63) is 35.7 Å². The van der Waals surface area contributed by atoms with Crippen molar-refractivity contribution in [2.45, 2.75) is 12.8 Å². The number of hydrogen-bond acceptors (Lipinski definition) is 4. The van der Waals surface area contributed by atoms with E-state index in [1.165, 1.54) is 11.1 Å². The molecule has 0 saturated carbocycles. The summed E-state index contributed by atoms with van der Waals surface area (Å²) in [7, 11) is 0. The van der Waals surface area contributed by atoms with Gasteiger partial charge in [0.2, 0.25) is 0 Å². The lowest BCUT2D eigenvalue weighted by Gasteiger charge is -2.17. The molecule has 0 aromatic carbocycles. The SMILES string of the molecule is Nc1cc(C2=CCOCC2)cnc1C1=CCOCC1. The van der Waals surface area contributed by atoms with E-state index in [9.17, 15) is 0 Å². The molecule has 3 heterocycles. The number of anilines is 1. The molecule has 1 aromatic heterocycles. The van der Waals surface area contributed by atoms with Gasteiger partial charge in [-0.05, 0) is 35.6 Å². The molecule has 1 aromatic rings. The zero-order chi connectivity index (χ0) is 13.1. The molecular formula is C15H18N2O2. The quantitative estimate of drug-likeness (QED) is 0.884. The predicted octanol–water partition coefficient (Wildman–Crippen LogP) is 2.27.